The molecule has 5 aliphatic rings. The van der Waals surface area contributed by atoms with Gasteiger partial charge in [-0.15, -0.1) is 0 Å². The molecule has 1 spiro atoms. The Morgan fingerprint density at radius 3 is 2.53 bits per heavy atom. The van der Waals surface area contributed by atoms with Gasteiger partial charge in [-0.25, -0.2) is 0 Å². The standard InChI is InChI=1S/C25H32N4O5/c1-14-13-18(28-34-14)27-22(30)19-17-11-12-25(33-17)20(19)24(32)29(16-9-5-6-10-16)21(25)23(31)26-15-7-3-2-4-8-15/h11-13,15-17,19-21H,2-10H2,1H3,(H,26,31)(H,27,28,30)/t17-,19-,20+,21-,25-/m1/s1. The summed E-state index contributed by atoms with van der Waals surface area (Å²) in [5, 5.41) is 9.88. The molecular weight excluding hydrogens is 436 g/mol. The lowest BCUT2D eigenvalue weighted by molar-refractivity contribution is -0.144. The molecule has 2 bridgehead atoms. The molecule has 5 atom stereocenters. The summed E-state index contributed by atoms with van der Waals surface area (Å²) in [6.45, 7) is 1.75. The quantitative estimate of drug-likeness (QED) is 0.642. The summed E-state index contributed by atoms with van der Waals surface area (Å²) in [5.41, 5.74) is -1.11. The third-order valence-corrected chi connectivity index (χ3v) is 8.41. The van der Waals surface area contributed by atoms with Gasteiger partial charge in [0.2, 0.25) is 17.7 Å². The van der Waals surface area contributed by atoms with E-state index in [0.29, 0.717) is 11.6 Å². The molecule has 4 heterocycles. The van der Waals surface area contributed by atoms with E-state index in [1.165, 1.54) is 6.42 Å². The van der Waals surface area contributed by atoms with Gasteiger partial charge in [0, 0.05) is 18.2 Å². The number of carbonyl (C=O) groups excluding carboxylic acids is 3. The van der Waals surface area contributed by atoms with Gasteiger partial charge >= 0.3 is 0 Å². The van der Waals surface area contributed by atoms with Crippen molar-refractivity contribution in [2.24, 2.45) is 11.8 Å². The van der Waals surface area contributed by atoms with Gasteiger partial charge in [-0.1, -0.05) is 49.4 Å². The highest BCUT2D eigenvalue weighted by atomic mass is 16.5. The van der Waals surface area contributed by atoms with Crippen molar-refractivity contribution in [3.63, 3.8) is 0 Å². The highest BCUT2D eigenvalue weighted by Gasteiger charge is 2.73. The zero-order chi connectivity index (χ0) is 23.4. The minimum absolute atomic E-state index is 0.00697. The average Bonchev–Trinajstić information content (AvgIpc) is 3.63. The summed E-state index contributed by atoms with van der Waals surface area (Å²) in [6, 6.07) is 1.03. The second kappa shape index (κ2) is 8.22. The molecule has 9 heteroatoms. The molecule has 2 saturated carbocycles. The second-order valence-electron chi connectivity index (χ2n) is 10.5. The first kappa shape index (κ1) is 21.8. The van der Waals surface area contributed by atoms with Crippen LogP contribution in [0.15, 0.2) is 22.7 Å². The predicted molar refractivity (Wildman–Crippen MR) is 121 cm³/mol. The highest BCUT2D eigenvalue weighted by molar-refractivity contribution is 6.02. The zero-order valence-corrected chi connectivity index (χ0v) is 19.5. The number of amides is 3. The molecule has 1 aromatic heterocycles. The number of fused-ring (bicyclic) bond motifs is 1. The maximum atomic E-state index is 14.0. The number of rotatable bonds is 5. The maximum absolute atomic E-state index is 14.0. The van der Waals surface area contributed by atoms with Gasteiger partial charge in [-0.05, 0) is 32.6 Å². The molecule has 0 radical (unpaired) electrons. The van der Waals surface area contributed by atoms with Crippen LogP contribution in [0.1, 0.15) is 63.5 Å². The minimum atomic E-state index is -1.11. The number of nitrogens with one attached hydrogen (secondary N) is 2. The van der Waals surface area contributed by atoms with Crippen LogP contribution < -0.4 is 10.6 Å². The molecule has 2 aliphatic carbocycles. The van der Waals surface area contributed by atoms with E-state index in [1.54, 1.807) is 17.9 Å². The number of carbonyl (C=O) groups is 3. The molecule has 0 aromatic carbocycles. The summed E-state index contributed by atoms with van der Waals surface area (Å²) in [6.07, 6.45) is 12.4. The Morgan fingerprint density at radius 2 is 1.82 bits per heavy atom. The van der Waals surface area contributed by atoms with E-state index in [9.17, 15) is 14.4 Å². The first-order chi connectivity index (χ1) is 16.5. The molecule has 3 aliphatic heterocycles. The van der Waals surface area contributed by atoms with Crippen molar-refractivity contribution in [2.45, 2.75) is 94.5 Å². The van der Waals surface area contributed by atoms with Crippen molar-refractivity contribution in [3.05, 3.63) is 24.0 Å². The number of anilines is 1. The van der Waals surface area contributed by atoms with E-state index in [0.717, 1.165) is 51.4 Å². The van der Waals surface area contributed by atoms with Crippen LogP contribution in [0.25, 0.3) is 0 Å². The fraction of sp³-hybridized carbons (Fsp3) is 0.680. The van der Waals surface area contributed by atoms with Crippen LogP contribution in [0.2, 0.25) is 0 Å². The van der Waals surface area contributed by atoms with Crippen molar-refractivity contribution in [1.29, 1.82) is 0 Å². The normalized spacial score (nSPS) is 35.2. The second-order valence-corrected chi connectivity index (χ2v) is 10.5. The van der Waals surface area contributed by atoms with Crippen LogP contribution in [-0.2, 0) is 19.1 Å². The van der Waals surface area contributed by atoms with E-state index in [1.807, 2.05) is 12.2 Å². The number of hydrogen-bond donors (Lipinski definition) is 2. The molecule has 9 nitrogen and oxygen atoms in total. The van der Waals surface area contributed by atoms with Gasteiger partial charge in [0.05, 0.1) is 17.9 Å². The predicted octanol–water partition coefficient (Wildman–Crippen LogP) is 2.46. The van der Waals surface area contributed by atoms with Crippen molar-refractivity contribution < 1.29 is 23.6 Å². The minimum Gasteiger partial charge on any atom is -0.360 e. The number of aryl methyl sites for hydroxylation is 1. The van der Waals surface area contributed by atoms with Gasteiger partial charge in [0.1, 0.15) is 17.4 Å². The van der Waals surface area contributed by atoms with Gasteiger partial charge in [0.25, 0.3) is 0 Å². The summed E-state index contributed by atoms with van der Waals surface area (Å²) in [4.78, 5) is 42.9. The van der Waals surface area contributed by atoms with Crippen LogP contribution in [-0.4, -0.2) is 57.6 Å². The Balaban J connectivity index is 1.32. The van der Waals surface area contributed by atoms with Crippen LogP contribution >= 0.6 is 0 Å². The summed E-state index contributed by atoms with van der Waals surface area (Å²) in [5.74, 6) is -1.16. The number of ether oxygens (including phenoxy) is 1. The smallest absolute Gasteiger partial charge is 0.246 e. The fourth-order valence-electron chi connectivity index (χ4n) is 6.94. The molecule has 182 valence electrons. The van der Waals surface area contributed by atoms with Crippen molar-refractivity contribution in [2.75, 3.05) is 5.32 Å². The van der Waals surface area contributed by atoms with E-state index in [4.69, 9.17) is 9.26 Å². The van der Waals surface area contributed by atoms with Crippen LogP contribution in [0, 0.1) is 18.8 Å². The van der Waals surface area contributed by atoms with Gasteiger partial charge < -0.3 is 24.8 Å². The van der Waals surface area contributed by atoms with Crippen molar-refractivity contribution in [1.82, 2.24) is 15.4 Å². The molecule has 3 amide bonds. The highest BCUT2D eigenvalue weighted by Crippen LogP contribution is 2.56. The Hall–Kier alpha value is -2.68. The molecule has 1 aromatic rings. The lowest BCUT2D eigenvalue weighted by atomic mass is 9.74. The van der Waals surface area contributed by atoms with Crippen LogP contribution in [0.5, 0.6) is 0 Å². The number of aromatic nitrogens is 1. The summed E-state index contributed by atoms with van der Waals surface area (Å²) >= 11 is 0. The van der Waals surface area contributed by atoms with E-state index >= 15 is 0 Å². The SMILES string of the molecule is Cc1cc(NC(=O)[C@H]2[C@H]3C(=O)N(C4CCCC4)[C@H](C(=O)NC4CCCCC4)[C@@]34C=C[C@H]2O4)no1. The topological polar surface area (TPSA) is 114 Å². The largest absolute Gasteiger partial charge is 0.360 e. The van der Waals surface area contributed by atoms with Crippen molar-refractivity contribution >= 4 is 23.5 Å². The molecule has 0 unspecified atom stereocenters. The third-order valence-electron chi connectivity index (χ3n) is 8.41. The fourth-order valence-corrected chi connectivity index (χ4v) is 6.94. The Kier molecular flexibility index (Phi) is 5.28. The van der Waals surface area contributed by atoms with Crippen LogP contribution in [0.3, 0.4) is 0 Å². The monoisotopic (exact) mass is 468 g/mol. The molecule has 2 N–H and O–H groups in total. The molecular formula is C25H32N4O5. The Labute approximate surface area is 198 Å². The molecule has 6 rings (SSSR count). The Morgan fingerprint density at radius 1 is 1.09 bits per heavy atom. The maximum Gasteiger partial charge on any atom is 0.246 e. The average molecular weight is 469 g/mol. The zero-order valence-electron chi connectivity index (χ0n) is 19.5. The number of likely N-dealkylation sites (tertiary alicyclic amines) is 1. The molecule has 4 fully saturated rings. The van der Waals surface area contributed by atoms with Crippen LogP contribution in [0.4, 0.5) is 5.82 Å². The molecule has 2 saturated heterocycles. The van der Waals surface area contributed by atoms with Gasteiger partial charge in [0.15, 0.2) is 5.82 Å². The lowest BCUT2D eigenvalue weighted by Gasteiger charge is -2.36. The summed E-state index contributed by atoms with van der Waals surface area (Å²) < 4.78 is 11.5. The van der Waals surface area contributed by atoms with Gasteiger partial charge in [-0.3, -0.25) is 14.4 Å². The summed E-state index contributed by atoms with van der Waals surface area (Å²) in [7, 11) is 0. The van der Waals surface area contributed by atoms with Crippen molar-refractivity contribution in [3.8, 4) is 0 Å². The van der Waals surface area contributed by atoms with E-state index in [2.05, 4.69) is 15.8 Å². The third kappa shape index (κ3) is 3.31. The van der Waals surface area contributed by atoms with Gasteiger partial charge in [-0.2, -0.15) is 0 Å². The number of hydrogen-bond acceptors (Lipinski definition) is 6. The first-order valence-corrected chi connectivity index (χ1v) is 12.7. The van der Waals surface area contributed by atoms with E-state index < -0.39 is 29.6 Å². The molecule has 34 heavy (non-hydrogen) atoms. The Bertz CT molecular complexity index is 1020. The first-order valence-electron chi connectivity index (χ1n) is 12.7. The lowest BCUT2D eigenvalue weighted by Crippen LogP contribution is -2.58. The van der Waals surface area contributed by atoms with E-state index in [-0.39, 0.29) is 29.8 Å². The number of nitrogens with zero attached hydrogens (tertiary/aromatic N) is 2.